The average Bonchev–Trinajstić information content (AvgIpc) is 2.62. The molecule has 1 aromatic heterocycles. The first-order valence-corrected chi connectivity index (χ1v) is 8.16. The molecule has 0 aliphatic heterocycles. The molecule has 1 N–H and O–H groups in total. The summed E-state index contributed by atoms with van der Waals surface area (Å²) >= 11 is 0. The number of benzene rings is 2. The number of fused-ring (bicyclic) bond motifs is 1. The fourth-order valence-corrected chi connectivity index (χ4v) is 2.56. The summed E-state index contributed by atoms with van der Waals surface area (Å²) in [6.07, 6.45) is -2.93. The summed E-state index contributed by atoms with van der Waals surface area (Å²) < 4.78 is 52.1. The molecule has 0 saturated heterocycles. The number of hydrogen-bond acceptors (Lipinski definition) is 3. The van der Waals surface area contributed by atoms with Crippen LogP contribution in [0.4, 0.5) is 23.4 Å². The second-order valence-corrected chi connectivity index (χ2v) is 5.98. The van der Waals surface area contributed by atoms with Gasteiger partial charge in [-0.1, -0.05) is 24.0 Å². The average molecular weight is 373 g/mol. The summed E-state index contributed by atoms with van der Waals surface area (Å²) in [6.45, 7) is 1.85. The number of nitrogens with one attached hydrogen (secondary N) is 1. The highest BCUT2D eigenvalue weighted by Crippen LogP contribution is 2.32. The van der Waals surface area contributed by atoms with Crippen molar-refractivity contribution in [3.05, 3.63) is 65.7 Å². The molecule has 1 heterocycles. The van der Waals surface area contributed by atoms with Crippen molar-refractivity contribution in [3.8, 4) is 11.8 Å². The molecule has 7 heteroatoms. The Morgan fingerprint density at radius 1 is 1.11 bits per heavy atom. The van der Waals surface area contributed by atoms with Crippen molar-refractivity contribution in [2.45, 2.75) is 25.6 Å². The molecule has 0 radical (unpaired) electrons. The summed E-state index contributed by atoms with van der Waals surface area (Å²) in [4.78, 5) is 8.38. The lowest BCUT2D eigenvalue weighted by Gasteiger charge is -2.13. The van der Waals surface area contributed by atoms with Crippen LogP contribution >= 0.6 is 0 Å². The van der Waals surface area contributed by atoms with Crippen molar-refractivity contribution in [2.24, 2.45) is 0 Å². The number of alkyl halides is 3. The Morgan fingerprint density at radius 2 is 1.89 bits per heavy atom. The normalized spacial score (nSPS) is 12.3. The molecule has 2 aromatic carbocycles. The highest BCUT2D eigenvalue weighted by molar-refractivity contribution is 5.88. The Kier molecular flexibility index (Phi) is 5.26. The van der Waals surface area contributed by atoms with E-state index < -0.39 is 17.6 Å². The highest BCUT2D eigenvalue weighted by atomic mass is 19.4. The fourth-order valence-electron chi connectivity index (χ4n) is 2.56. The molecule has 27 heavy (non-hydrogen) atoms. The lowest BCUT2D eigenvalue weighted by molar-refractivity contribution is -0.137. The van der Waals surface area contributed by atoms with Crippen molar-refractivity contribution in [3.63, 3.8) is 0 Å². The topological polar surface area (TPSA) is 37.8 Å². The SMILES string of the molecule is CC(CC#Cc1ccc(F)cc1C(F)(F)F)Nc1ncnc2ccccc12. The van der Waals surface area contributed by atoms with Crippen LogP contribution in [0.3, 0.4) is 0 Å². The highest BCUT2D eigenvalue weighted by Gasteiger charge is 2.33. The lowest BCUT2D eigenvalue weighted by Crippen LogP contribution is -2.15. The molecular weight excluding hydrogens is 358 g/mol. The standard InChI is InChI=1S/C20H15F4N3/c1-13(27-19-16-7-2-3-8-18(16)25-12-26-19)5-4-6-14-9-10-15(21)11-17(14)20(22,23)24/h2-3,7-13H,5H2,1H3,(H,25,26,27). The van der Waals surface area contributed by atoms with E-state index in [9.17, 15) is 17.6 Å². The van der Waals surface area contributed by atoms with Gasteiger partial charge >= 0.3 is 6.18 Å². The van der Waals surface area contributed by atoms with E-state index in [2.05, 4.69) is 27.1 Å². The van der Waals surface area contributed by atoms with Gasteiger partial charge in [0.2, 0.25) is 0 Å². The molecule has 0 fully saturated rings. The van der Waals surface area contributed by atoms with Crippen LogP contribution in [0.15, 0.2) is 48.8 Å². The molecule has 3 aromatic rings. The first-order valence-electron chi connectivity index (χ1n) is 8.16. The predicted molar refractivity (Wildman–Crippen MR) is 95.5 cm³/mol. The number of rotatable bonds is 3. The molecule has 3 rings (SSSR count). The maximum Gasteiger partial charge on any atom is 0.417 e. The minimum atomic E-state index is -4.66. The third-order valence-electron chi connectivity index (χ3n) is 3.84. The Bertz CT molecular complexity index is 1010. The van der Waals surface area contributed by atoms with Gasteiger partial charge in [0.05, 0.1) is 11.1 Å². The molecule has 0 amide bonds. The van der Waals surface area contributed by atoms with Crippen LogP contribution in [0, 0.1) is 17.7 Å². The number of anilines is 1. The Morgan fingerprint density at radius 3 is 2.67 bits per heavy atom. The maximum atomic E-state index is 13.1. The van der Waals surface area contributed by atoms with Gasteiger partial charge in [-0.25, -0.2) is 14.4 Å². The lowest BCUT2D eigenvalue weighted by atomic mass is 10.1. The molecule has 0 bridgehead atoms. The van der Waals surface area contributed by atoms with Crippen molar-refractivity contribution < 1.29 is 17.6 Å². The van der Waals surface area contributed by atoms with Crippen molar-refractivity contribution >= 4 is 16.7 Å². The van der Waals surface area contributed by atoms with Crippen LogP contribution in [0.1, 0.15) is 24.5 Å². The quantitative estimate of drug-likeness (QED) is 0.517. The van der Waals surface area contributed by atoms with Gasteiger partial charge in [0.15, 0.2) is 0 Å². The van der Waals surface area contributed by atoms with Crippen LogP contribution in [-0.2, 0) is 6.18 Å². The van der Waals surface area contributed by atoms with E-state index in [0.717, 1.165) is 23.0 Å². The molecule has 0 spiro atoms. The zero-order chi connectivity index (χ0) is 19.4. The second-order valence-electron chi connectivity index (χ2n) is 5.98. The maximum absolute atomic E-state index is 13.1. The summed E-state index contributed by atoms with van der Waals surface area (Å²) in [5.74, 6) is 4.90. The largest absolute Gasteiger partial charge is 0.417 e. The molecular formula is C20H15F4N3. The van der Waals surface area contributed by atoms with E-state index in [-0.39, 0.29) is 18.0 Å². The fraction of sp³-hybridized carbons (Fsp3) is 0.200. The minimum absolute atomic E-state index is 0.161. The molecule has 0 aliphatic carbocycles. The van der Waals surface area contributed by atoms with E-state index >= 15 is 0 Å². The van der Waals surface area contributed by atoms with Gasteiger partial charge in [-0.15, -0.1) is 0 Å². The minimum Gasteiger partial charge on any atom is -0.366 e. The molecule has 0 aliphatic rings. The van der Waals surface area contributed by atoms with Crippen LogP contribution in [0.5, 0.6) is 0 Å². The van der Waals surface area contributed by atoms with Crippen molar-refractivity contribution in [1.29, 1.82) is 0 Å². The summed E-state index contributed by atoms with van der Waals surface area (Å²) in [7, 11) is 0. The van der Waals surface area contributed by atoms with Crippen LogP contribution < -0.4 is 5.32 Å². The first-order chi connectivity index (χ1) is 12.8. The molecule has 138 valence electrons. The van der Waals surface area contributed by atoms with Crippen molar-refractivity contribution in [1.82, 2.24) is 9.97 Å². The summed E-state index contributed by atoms with van der Waals surface area (Å²) in [5.41, 5.74) is -0.532. The molecule has 1 atom stereocenters. The molecule has 3 nitrogen and oxygen atoms in total. The summed E-state index contributed by atoms with van der Waals surface area (Å²) in [6, 6.07) is 9.78. The number of nitrogens with zero attached hydrogens (tertiary/aromatic N) is 2. The van der Waals surface area contributed by atoms with Crippen LogP contribution in [0.2, 0.25) is 0 Å². The Labute approximate surface area is 153 Å². The monoisotopic (exact) mass is 373 g/mol. The van der Waals surface area contributed by atoms with Crippen molar-refractivity contribution in [2.75, 3.05) is 5.32 Å². The number of aromatic nitrogens is 2. The van der Waals surface area contributed by atoms with Gasteiger partial charge in [-0.3, -0.25) is 0 Å². The van der Waals surface area contributed by atoms with Gasteiger partial charge in [0.1, 0.15) is 18.0 Å². The Balaban J connectivity index is 1.75. The molecule has 0 saturated carbocycles. The van der Waals surface area contributed by atoms with Gasteiger partial charge in [0.25, 0.3) is 0 Å². The van der Waals surface area contributed by atoms with Gasteiger partial charge in [-0.2, -0.15) is 13.2 Å². The van der Waals surface area contributed by atoms with E-state index in [4.69, 9.17) is 0 Å². The third-order valence-corrected chi connectivity index (χ3v) is 3.84. The van der Waals surface area contributed by atoms with E-state index in [1.54, 1.807) is 0 Å². The van der Waals surface area contributed by atoms with Gasteiger partial charge in [0, 0.05) is 23.4 Å². The smallest absolute Gasteiger partial charge is 0.366 e. The van der Waals surface area contributed by atoms with Crippen LogP contribution in [0.25, 0.3) is 10.9 Å². The van der Waals surface area contributed by atoms with Gasteiger partial charge in [-0.05, 0) is 37.3 Å². The van der Waals surface area contributed by atoms with Gasteiger partial charge < -0.3 is 5.32 Å². The number of halogens is 4. The second kappa shape index (κ2) is 7.62. The van der Waals surface area contributed by atoms with E-state index in [1.807, 2.05) is 31.2 Å². The molecule has 1 unspecified atom stereocenters. The van der Waals surface area contributed by atoms with E-state index in [1.165, 1.54) is 6.33 Å². The predicted octanol–water partition coefficient (Wildman–Crippen LogP) is 5.03. The van der Waals surface area contributed by atoms with E-state index in [0.29, 0.717) is 11.9 Å². The zero-order valence-electron chi connectivity index (χ0n) is 14.3. The number of hydrogen-bond donors (Lipinski definition) is 1. The first kappa shape index (κ1) is 18.6. The number of para-hydroxylation sites is 1. The van der Waals surface area contributed by atoms with Crippen LogP contribution in [-0.4, -0.2) is 16.0 Å². The zero-order valence-corrected chi connectivity index (χ0v) is 14.3. The Hall–Kier alpha value is -3.14. The third kappa shape index (κ3) is 4.53. The summed E-state index contributed by atoms with van der Waals surface area (Å²) in [5, 5.41) is 4.03.